The molecule has 0 aliphatic rings. The second kappa shape index (κ2) is 5.74. The third kappa shape index (κ3) is 3.07. The minimum Gasteiger partial charge on any atom is -0.376 e. The van der Waals surface area contributed by atoms with Gasteiger partial charge in [-0.05, 0) is 19.1 Å². The summed E-state index contributed by atoms with van der Waals surface area (Å²) in [4.78, 5) is 27.9. The number of pyridine rings is 1. The average molecular weight is 288 g/mol. The van der Waals surface area contributed by atoms with Gasteiger partial charge in [-0.1, -0.05) is 0 Å². The summed E-state index contributed by atoms with van der Waals surface area (Å²) in [6, 6.07) is 4.80. The van der Waals surface area contributed by atoms with Crippen molar-refractivity contribution in [3.05, 3.63) is 40.2 Å². The highest BCUT2D eigenvalue weighted by molar-refractivity contribution is 6.00. The Morgan fingerprint density at radius 1 is 1.38 bits per heavy atom. The van der Waals surface area contributed by atoms with Crippen LogP contribution in [0.15, 0.2) is 24.4 Å². The summed E-state index contributed by atoms with van der Waals surface area (Å²) in [5, 5.41) is 15.2. The summed E-state index contributed by atoms with van der Waals surface area (Å²) in [6.45, 7) is 1.94. The molecular weight excluding hydrogens is 272 g/mol. The van der Waals surface area contributed by atoms with Gasteiger partial charge in [-0.2, -0.15) is 0 Å². The maximum Gasteiger partial charge on any atom is 0.278 e. The lowest BCUT2D eigenvalue weighted by molar-refractivity contribution is -0.383. The highest BCUT2D eigenvalue weighted by Crippen LogP contribution is 2.31. The van der Waals surface area contributed by atoms with Gasteiger partial charge in [0.25, 0.3) is 5.69 Å². The highest BCUT2D eigenvalue weighted by Gasteiger charge is 2.15. The number of nitro groups is 1. The fourth-order valence-corrected chi connectivity index (χ4v) is 1.97. The molecule has 2 rings (SSSR count). The molecule has 0 bridgehead atoms. The molecule has 0 spiro atoms. The fourth-order valence-electron chi connectivity index (χ4n) is 1.97. The maximum absolute atomic E-state index is 11.6. The van der Waals surface area contributed by atoms with Gasteiger partial charge in [0.15, 0.2) is 0 Å². The van der Waals surface area contributed by atoms with E-state index < -0.39 is 4.92 Å². The number of nitrogens with one attached hydrogen (secondary N) is 1. The van der Waals surface area contributed by atoms with Crippen LogP contribution in [0.4, 0.5) is 11.4 Å². The van der Waals surface area contributed by atoms with E-state index in [1.165, 1.54) is 17.2 Å². The van der Waals surface area contributed by atoms with Crippen LogP contribution in [0.1, 0.15) is 5.69 Å². The number of non-ortho nitro benzene ring substituents is 1. The predicted octanol–water partition coefficient (Wildman–Crippen LogP) is 1.95. The number of hydrogen-bond acceptors (Lipinski definition) is 5. The summed E-state index contributed by atoms with van der Waals surface area (Å²) in [7, 11) is 3.35. The first kappa shape index (κ1) is 14.7. The van der Waals surface area contributed by atoms with Gasteiger partial charge in [0.1, 0.15) is 0 Å². The molecule has 0 saturated carbocycles. The number of nitro benzene ring substituents is 1. The van der Waals surface area contributed by atoms with E-state index in [2.05, 4.69) is 10.3 Å². The van der Waals surface area contributed by atoms with Crippen LogP contribution in [-0.2, 0) is 4.79 Å². The zero-order valence-electron chi connectivity index (χ0n) is 12.1. The number of fused-ring (bicyclic) bond motifs is 1. The normalized spacial score (nSPS) is 10.4. The monoisotopic (exact) mass is 288 g/mol. The number of likely N-dealkylation sites (N-methyl/N-ethyl adjacent to an activating group) is 1. The van der Waals surface area contributed by atoms with Crippen molar-refractivity contribution in [3.8, 4) is 0 Å². The van der Waals surface area contributed by atoms with Gasteiger partial charge in [0, 0.05) is 43.1 Å². The number of carbonyl (C=O) groups excluding carboxylic acids is 1. The minimum atomic E-state index is -0.436. The molecule has 1 heterocycles. The second-order valence-corrected chi connectivity index (χ2v) is 4.90. The summed E-state index contributed by atoms with van der Waals surface area (Å²) in [5.41, 5.74) is 1.43. The van der Waals surface area contributed by atoms with E-state index in [-0.39, 0.29) is 18.1 Å². The molecule has 0 unspecified atom stereocenters. The smallest absolute Gasteiger partial charge is 0.278 e. The van der Waals surface area contributed by atoms with Crippen LogP contribution in [0.5, 0.6) is 0 Å². The molecule has 0 radical (unpaired) electrons. The topological polar surface area (TPSA) is 88.4 Å². The quantitative estimate of drug-likeness (QED) is 0.686. The summed E-state index contributed by atoms with van der Waals surface area (Å²) in [6.07, 6.45) is 1.49. The van der Waals surface area contributed by atoms with Crippen molar-refractivity contribution < 1.29 is 9.72 Å². The van der Waals surface area contributed by atoms with Gasteiger partial charge in [-0.15, -0.1) is 0 Å². The molecule has 0 saturated heterocycles. The van der Waals surface area contributed by atoms with Gasteiger partial charge in [0.2, 0.25) is 5.91 Å². The SMILES string of the molecule is Cc1cc2c(NCC(=O)N(C)C)ccc([N+](=O)[O-])c2cn1. The molecule has 1 aromatic carbocycles. The van der Waals surface area contributed by atoms with Gasteiger partial charge in [0.05, 0.1) is 16.9 Å². The van der Waals surface area contributed by atoms with Crippen molar-refractivity contribution in [2.24, 2.45) is 0 Å². The Hall–Kier alpha value is -2.70. The number of carbonyl (C=O) groups is 1. The predicted molar refractivity (Wildman–Crippen MR) is 80.3 cm³/mol. The minimum absolute atomic E-state index is 0.00184. The van der Waals surface area contributed by atoms with Crippen LogP contribution in [-0.4, -0.2) is 41.4 Å². The number of hydrogen-bond donors (Lipinski definition) is 1. The number of rotatable bonds is 4. The Kier molecular flexibility index (Phi) is 4.02. The molecule has 0 aliphatic carbocycles. The molecular formula is C14H16N4O3. The van der Waals surface area contributed by atoms with Crippen LogP contribution < -0.4 is 5.32 Å². The van der Waals surface area contributed by atoms with E-state index in [1.807, 2.05) is 6.92 Å². The standard InChI is InChI=1S/C14H16N4O3/c1-9-6-10-11(7-15-9)13(18(20)21)5-4-12(10)16-8-14(19)17(2)3/h4-7,16H,8H2,1-3H3. The van der Waals surface area contributed by atoms with Gasteiger partial charge in [-0.25, -0.2) is 0 Å². The van der Waals surface area contributed by atoms with Gasteiger partial charge in [-0.3, -0.25) is 19.9 Å². The van der Waals surface area contributed by atoms with Gasteiger partial charge >= 0.3 is 0 Å². The van der Waals surface area contributed by atoms with Crippen LogP contribution in [0.3, 0.4) is 0 Å². The number of amides is 1. The lowest BCUT2D eigenvalue weighted by Crippen LogP contribution is -2.28. The molecule has 7 nitrogen and oxygen atoms in total. The van der Waals surface area contributed by atoms with Crippen molar-refractivity contribution in [1.82, 2.24) is 9.88 Å². The second-order valence-electron chi connectivity index (χ2n) is 4.90. The number of benzene rings is 1. The number of nitrogens with zero attached hydrogens (tertiary/aromatic N) is 3. The number of aromatic nitrogens is 1. The van der Waals surface area contributed by atoms with Crippen molar-refractivity contribution in [1.29, 1.82) is 0 Å². The van der Waals surface area contributed by atoms with E-state index in [9.17, 15) is 14.9 Å². The third-order valence-electron chi connectivity index (χ3n) is 3.14. The van der Waals surface area contributed by atoms with Crippen LogP contribution in [0, 0.1) is 17.0 Å². The first-order valence-electron chi connectivity index (χ1n) is 6.38. The third-order valence-corrected chi connectivity index (χ3v) is 3.14. The molecule has 0 aliphatic heterocycles. The Bertz CT molecular complexity index is 713. The summed E-state index contributed by atoms with van der Waals surface area (Å²) >= 11 is 0. The van der Waals surface area contributed by atoms with Crippen LogP contribution >= 0.6 is 0 Å². The average Bonchev–Trinajstić information content (AvgIpc) is 2.43. The van der Waals surface area contributed by atoms with E-state index >= 15 is 0 Å². The number of anilines is 1. The molecule has 2 aromatic rings. The van der Waals surface area contributed by atoms with Crippen LogP contribution in [0.25, 0.3) is 10.8 Å². The van der Waals surface area contributed by atoms with E-state index in [4.69, 9.17) is 0 Å². The Morgan fingerprint density at radius 3 is 2.71 bits per heavy atom. The lowest BCUT2D eigenvalue weighted by atomic mass is 10.1. The lowest BCUT2D eigenvalue weighted by Gasteiger charge is -2.13. The van der Waals surface area contributed by atoms with E-state index in [1.54, 1.807) is 26.2 Å². The molecule has 1 aromatic heterocycles. The molecule has 1 amide bonds. The maximum atomic E-state index is 11.6. The Labute approximate surface area is 121 Å². The highest BCUT2D eigenvalue weighted by atomic mass is 16.6. The van der Waals surface area contributed by atoms with Crippen molar-refractivity contribution in [3.63, 3.8) is 0 Å². The molecule has 7 heteroatoms. The Balaban J connectivity index is 2.45. The first-order chi connectivity index (χ1) is 9.90. The molecule has 0 fully saturated rings. The molecule has 21 heavy (non-hydrogen) atoms. The van der Waals surface area contributed by atoms with Crippen molar-refractivity contribution in [2.45, 2.75) is 6.92 Å². The van der Waals surface area contributed by atoms with E-state index in [0.717, 1.165) is 5.69 Å². The Morgan fingerprint density at radius 2 is 2.10 bits per heavy atom. The molecule has 1 N–H and O–H groups in total. The summed E-state index contributed by atoms with van der Waals surface area (Å²) in [5.74, 6) is -0.0766. The molecule has 110 valence electrons. The van der Waals surface area contributed by atoms with Crippen molar-refractivity contribution in [2.75, 3.05) is 26.0 Å². The fraction of sp³-hybridized carbons (Fsp3) is 0.286. The van der Waals surface area contributed by atoms with Crippen LogP contribution in [0.2, 0.25) is 0 Å². The zero-order valence-corrected chi connectivity index (χ0v) is 12.1. The van der Waals surface area contributed by atoms with E-state index in [0.29, 0.717) is 16.5 Å². The van der Waals surface area contributed by atoms with Gasteiger partial charge < -0.3 is 10.2 Å². The molecule has 0 atom stereocenters. The largest absolute Gasteiger partial charge is 0.376 e. The number of aryl methyl sites for hydroxylation is 1. The van der Waals surface area contributed by atoms with Crippen molar-refractivity contribution >= 4 is 28.1 Å². The first-order valence-corrected chi connectivity index (χ1v) is 6.38. The zero-order chi connectivity index (χ0) is 15.6. The summed E-state index contributed by atoms with van der Waals surface area (Å²) < 4.78 is 0.